The average molecular weight is 181 g/mol. The molecule has 0 aliphatic rings. The Kier molecular flexibility index (Phi) is 5.47. The lowest BCUT2D eigenvalue weighted by Crippen LogP contribution is -1.82. The lowest BCUT2D eigenvalue weighted by molar-refractivity contribution is 1.32. The van der Waals surface area contributed by atoms with Crippen molar-refractivity contribution in [1.29, 1.82) is 0 Å². The Morgan fingerprint density at radius 2 is 2.00 bits per heavy atom. The maximum atomic E-state index is 4.30. The summed E-state index contributed by atoms with van der Waals surface area (Å²) in [4.78, 5) is 4.51. The number of aliphatic imine (C=N–C) groups is 1. The number of rotatable bonds is 3. The monoisotopic (exact) mass is 181 g/mol. The minimum Gasteiger partial charge on any atom is -0.271 e. The van der Waals surface area contributed by atoms with E-state index in [9.17, 15) is 0 Å². The van der Waals surface area contributed by atoms with E-state index in [0.29, 0.717) is 0 Å². The molecule has 66 valence electrons. The number of nitrogens with zero attached hydrogens (tertiary/aromatic N) is 1. The molecule has 0 saturated heterocycles. The number of hydrogen-bond acceptors (Lipinski definition) is 2. The van der Waals surface area contributed by atoms with Gasteiger partial charge < -0.3 is 0 Å². The Morgan fingerprint density at radius 3 is 2.33 bits per heavy atom. The van der Waals surface area contributed by atoms with Gasteiger partial charge in [-0.2, -0.15) is 0 Å². The smallest absolute Gasteiger partial charge is 0.0400 e. The van der Waals surface area contributed by atoms with Gasteiger partial charge in [0.1, 0.15) is 0 Å². The van der Waals surface area contributed by atoms with Gasteiger partial charge in [-0.05, 0) is 33.1 Å². The first-order valence-electron chi connectivity index (χ1n) is 3.79. The fourth-order valence-corrected chi connectivity index (χ4v) is 1.21. The molecule has 0 spiro atoms. The van der Waals surface area contributed by atoms with Gasteiger partial charge in [0.25, 0.3) is 0 Å². The van der Waals surface area contributed by atoms with Crippen LogP contribution in [0.1, 0.15) is 20.8 Å². The Hall–Kier alpha value is -0.760. The molecule has 0 heterocycles. The predicted octanol–water partition coefficient (Wildman–Crippen LogP) is 3.37. The van der Waals surface area contributed by atoms with E-state index in [2.05, 4.69) is 24.3 Å². The van der Waals surface area contributed by atoms with E-state index in [1.165, 1.54) is 5.57 Å². The molecule has 0 aromatic rings. The largest absolute Gasteiger partial charge is 0.271 e. The Labute approximate surface area is 80.0 Å². The highest BCUT2D eigenvalue weighted by atomic mass is 32.1. The zero-order chi connectivity index (χ0) is 9.56. The van der Waals surface area contributed by atoms with Crippen molar-refractivity contribution in [2.24, 2.45) is 4.99 Å². The number of allylic oxidation sites excluding steroid dienone is 4. The Balaban J connectivity index is 4.90. The maximum absolute atomic E-state index is 4.30. The van der Waals surface area contributed by atoms with Crippen LogP contribution >= 0.6 is 12.6 Å². The third-order valence-electron chi connectivity index (χ3n) is 1.36. The summed E-state index contributed by atoms with van der Waals surface area (Å²) in [6.45, 7) is 9.45. The molecule has 0 amide bonds. The first-order valence-corrected chi connectivity index (χ1v) is 4.23. The SMILES string of the molecule is C=N/C=C(\S)C(/C=C\C)=C(C)C. The molecule has 0 aromatic carbocycles. The summed E-state index contributed by atoms with van der Waals surface area (Å²) in [5.74, 6) is 0. The van der Waals surface area contributed by atoms with Crippen molar-refractivity contribution >= 4 is 19.3 Å². The molecule has 0 aliphatic carbocycles. The van der Waals surface area contributed by atoms with Gasteiger partial charge in [0, 0.05) is 11.1 Å². The summed E-state index contributed by atoms with van der Waals surface area (Å²) in [5, 5.41) is 0. The molecule has 0 aromatic heterocycles. The van der Waals surface area contributed by atoms with Crippen LogP contribution in [0.3, 0.4) is 0 Å². The van der Waals surface area contributed by atoms with E-state index in [-0.39, 0.29) is 0 Å². The summed E-state index contributed by atoms with van der Waals surface area (Å²) >= 11 is 4.30. The molecular formula is C10H15NS. The lowest BCUT2D eigenvalue weighted by atomic mass is 10.1. The third-order valence-corrected chi connectivity index (χ3v) is 1.72. The highest BCUT2D eigenvalue weighted by Gasteiger charge is 1.97. The normalized spacial score (nSPS) is 11.8. The van der Waals surface area contributed by atoms with Gasteiger partial charge in [0.2, 0.25) is 0 Å². The first kappa shape index (κ1) is 11.2. The second kappa shape index (κ2) is 5.84. The van der Waals surface area contributed by atoms with Gasteiger partial charge in [0.15, 0.2) is 0 Å². The van der Waals surface area contributed by atoms with Gasteiger partial charge in [0.05, 0.1) is 0 Å². The van der Waals surface area contributed by atoms with E-state index in [4.69, 9.17) is 0 Å². The van der Waals surface area contributed by atoms with Crippen LogP contribution in [0.2, 0.25) is 0 Å². The molecule has 1 nitrogen and oxygen atoms in total. The quantitative estimate of drug-likeness (QED) is 0.389. The van der Waals surface area contributed by atoms with Crippen molar-refractivity contribution in [2.45, 2.75) is 20.8 Å². The van der Waals surface area contributed by atoms with Crippen LogP contribution < -0.4 is 0 Å². The van der Waals surface area contributed by atoms with Gasteiger partial charge in [-0.15, -0.1) is 12.6 Å². The zero-order valence-electron chi connectivity index (χ0n) is 7.83. The number of hydrogen-bond donors (Lipinski definition) is 1. The van der Waals surface area contributed by atoms with E-state index >= 15 is 0 Å². The van der Waals surface area contributed by atoms with E-state index < -0.39 is 0 Å². The highest BCUT2D eigenvalue weighted by molar-refractivity contribution is 7.84. The maximum Gasteiger partial charge on any atom is 0.0400 e. The molecule has 0 fully saturated rings. The summed E-state index contributed by atoms with van der Waals surface area (Å²) in [6, 6.07) is 0. The molecule has 0 saturated carbocycles. The number of thiol groups is 1. The minimum absolute atomic E-state index is 0.850. The van der Waals surface area contributed by atoms with Gasteiger partial charge in [-0.3, -0.25) is 4.99 Å². The van der Waals surface area contributed by atoms with Crippen LogP contribution in [0.5, 0.6) is 0 Å². The van der Waals surface area contributed by atoms with Gasteiger partial charge >= 0.3 is 0 Å². The van der Waals surface area contributed by atoms with E-state index in [0.717, 1.165) is 10.5 Å². The van der Waals surface area contributed by atoms with Crippen LogP contribution in [0, 0.1) is 0 Å². The fourth-order valence-electron chi connectivity index (χ4n) is 0.831. The zero-order valence-corrected chi connectivity index (χ0v) is 8.73. The molecular weight excluding hydrogens is 166 g/mol. The van der Waals surface area contributed by atoms with Crippen molar-refractivity contribution in [3.63, 3.8) is 0 Å². The first-order chi connectivity index (χ1) is 5.63. The van der Waals surface area contributed by atoms with Crippen molar-refractivity contribution < 1.29 is 0 Å². The average Bonchev–Trinajstić information content (AvgIpc) is 1.99. The molecule has 12 heavy (non-hydrogen) atoms. The van der Waals surface area contributed by atoms with Gasteiger partial charge in [-0.25, -0.2) is 0 Å². The Bertz CT molecular complexity index is 243. The van der Waals surface area contributed by atoms with E-state index in [1.54, 1.807) is 6.20 Å². The van der Waals surface area contributed by atoms with Crippen LogP contribution in [0.25, 0.3) is 0 Å². The summed E-state index contributed by atoms with van der Waals surface area (Å²) < 4.78 is 0. The van der Waals surface area contributed by atoms with Crippen molar-refractivity contribution in [2.75, 3.05) is 0 Å². The topological polar surface area (TPSA) is 12.4 Å². The predicted molar refractivity (Wildman–Crippen MR) is 59.8 cm³/mol. The van der Waals surface area contributed by atoms with Crippen molar-refractivity contribution in [1.82, 2.24) is 0 Å². The molecule has 0 rings (SSSR count). The lowest BCUT2D eigenvalue weighted by Gasteiger charge is -2.02. The summed E-state index contributed by atoms with van der Waals surface area (Å²) in [5.41, 5.74) is 2.33. The second-order valence-corrected chi connectivity index (χ2v) is 3.09. The molecule has 0 unspecified atom stereocenters. The summed E-state index contributed by atoms with van der Waals surface area (Å²) in [6.07, 6.45) is 5.64. The van der Waals surface area contributed by atoms with Gasteiger partial charge in [-0.1, -0.05) is 17.7 Å². The minimum atomic E-state index is 0.850. The second-order valence-electron chi connectivity index (χ2n) is 2.61. The highest BCUT2D eigenvalue weighted by Crippen LogP contribution is 2.19. The van der Waals surface area contributed by atoms with Crippen molar-refractivity contribution in [3.05, 3.63) is 34.4 Å². The van der Waals surface area contributed by atoms with Crippen LogP contribution in [-0.2, 0) is 0 Å². The molecule has 0 aliphatic heterocycles. The molecule has 0 N–H and O–H groups in total. The summed E-state index contributed by atoms with van der Waals surface area (Å²) in [7, 11) is 0. The standard InChI is InChI=1S/C10H15NS/c1-5-6-9(8(2)3)10(12)7-11-4/h5-7,12H,4H2,1-3H3/b6-5-,10-7-. The van der Waals surface area contributed by atoms with Crippen LogP contribution in [0.15, 0.2) is 39.4 Å². The van der Waals surface area contributed by atoms with Crippen LogP contribution in [0.4, 0.5) is 0 Å². The Morgan fingerprint density at radius 1 is 1.42 bits per heavy atom. The molecule has 0 radical (unpaired) electrons. The van der Waals surface area contributed by atoms with Crippen LogP contribution in [-0.4, -0.2) is 6.72 Å². The fraction of sp³-hybridized carbons (Fsp3) is 0.300. The molecule has 0 atom stereocenters. The molecule has 2 heteroatoms. The molecule has 0 bridgehead atoms. The third kappa shape index (κ3) is 3.58. The van der Waals surface area contributed by atoms with E-state index in [1.807, 2.05) is 32.9 Å². The van der Waals surface area contributed by atoms with Crippen molar-refractivity contribution in [3.8, 4) is 0 Å².